The van der Waals surface area contributed by atoms with Gasteiger partial charge in [0.15, 0.2) is 0 Å². The van der Waals surface area contributed by atoms with E-state index in [0.717, 1.165) is 0 Å². The number of carbonyl (C=O) groups excluding carboxylic acids is 1. The molecule has 98 valence electrons. The van der Waals surface area contributed by atoms with Gasteiger partial charge in [0.1, 0.15) is 24.4 Å². The zero-order valence-electron chi connectivity index (χ0n) is 9.43. The molecule has 1 fully saturated rings. The molecule has 1 aromatic rings. The van der Waals surface area contributed by atoms with E-state index in [4.69, 9.17) is 15.6 Å². The van der Waals surface area contributed by atoms with E-state index in [2.05, 4.69) is 4.98 Å². The Morgan fingerprint density at radius 2 is 2.17 bits per heavy atom. The summed E-state index contributed by atoms with van der Waals surface area (Å²) in [4.78, 5) is 15.2. The number of aromatic nitrogens is 1. The first-order valence-electron chi connectivity index (χ1n) is 5.43. The zero-order valence-corrected chi connectivity index (χ0v) is 9.43. The third-order valence-corrected chi connectivity index (χ3v) is 2.92. The van der Waals surface area contributed by atoms with Crippen LogP contribution >= 0.6 is 0 Å². The Morgan fingerprint density at radius 1 is 1.44 bits per heavy atom. The maximum atomic E-state index is 11.3. The molecule has 0 spiro atoms. The highest BCUT2D eigenvalue weighted by atomic mass is 16.6. The molecule has 1 aliphatic heterocycles. The first kappa shape index (κ1) is 12.9. The van der Waals surface area contributed by atoms with Gasteiger partial charge in [-0.25, -0.2) is 0 Å². The summed E-state index contributed by atoms with van der Waals surface area (Å²) < 4.78 is 5.29. The molecular formula is C11H14N2O5. The van der Waals surface area contributed by atoms with Crippen LogP contribution in [0.4, 0.5) is 0 Å². The third kappa shape index (κ3) is 2.08. The number of nitrogens with two attached hydrogens (primary N) is 1. The van der Waals surface area contributed by atoms with Gasteiger partial charge in [0.05, 0.1) is 17.9 Å². The minimum absolute atomic E-state index is 0.118. The maximum absolute atomic E-state index is 11.3. The number of ether oxygens (including phenoxy) is 1. The van der Waals surface area contributed by atoms with Crippen LogP contribution in [-0.2, 0) is 4.74 Å². The molecular weight excluding hydrogens is 240 g/mol. The van der Waals surface area contributed by atoms with E-state index in [1.165, 1.54) is 18.3 Å². The minimum Gasteiger partial charge on any atom is -0.394 e. The summed E-state index contributed by atoms with van der Waals surface area (Å²) in [6, 6.07) is 2.99. The molecule has 0 radical (unpaired) electrons. The van der Waals surface area contributed by atoms with E-state index in [0.29, 0.717) is 0 Å². The lowest BCUT2D eigenvalue weighted by Gasteiger charge is -2.16. The monoisotopic (exact) mass is 254 g/mol. The summed E-state index contributed by atoms with van der Waals surface area (Å²) >= 11 is 0. The summed E-state index contributed by atoms with van der Waals surface area (Å²) in [7, 11) is 0. The van der Waals surface area contributed by atoms with Crippen molar-refractivity contribution in [2.24, 2.45) is 5.73 Å². The van der Waals surface area contributed by atoms with Gasteiger partial charge in [-0.2, -0.15) is 0 Å². The average Bonchev–Trinajstić information content (AvgIpc) is 2.66. The summed E-state index contributed by atoms with van der Waals surface area (Å²) in [5.74, 6) is -0.698. The van der Waals surface area contributed by atoms with Crippen LogP contribution in [-0.4, -0.2) is 51.1 Å². The number of hydrogen-bond donors (Lipinski definition) is 4. The smallest absolute Gasteiger partial charge is 0.250 e. The Labute approximate surface area is 103 Å². The molecule has 0 aliphatic carbocycles. The van der Waals surface area contributed by atoms with Crippen molar-refractivity contribution in [3.8, 4) is 0 Å². The van der Waals surface area contributed by atoms with E-state index in [1.54, 1.807) is 0 Å². The Hall–Kier alpha value is -1.54. The van der Waals surface area contributed by atoms with E-state index < -0.39 is 36.9 Å². The number of aliphatic hydroxyl groups excluding tert-OH is 3. The minimum atomic E-state index is -1.27. The first-order valence-corrected chi connectivity index (χ1v) is 5.43. The van der Waals surface area contributed by atoms with E-state index in [1.807, 2.05) is 0 Å². The molecule has 1 amide bonds. The average molecular weight is 254 g/mol. The molecule has 2 rings (SSSR count). The summed E-state index contributed by atoms with van der Waals surface area (Å²) in [6.45, 7) is -0.437. The largest absolute Gasteiger partial charge is 0.394 e. The van der Waals surface area contributed by atoms with Crippen molar-refractivity contribution in [3.05, 3.63) is 29.6 Å². The van der Waals surface area contributed by atoms with Gasteiger partial charge in [0, 0.05) is 6.20 Å². The van der Waals surface area contributed by atoms with Gasteiger partial charge in [0.2, 0.25) is 0 Å². The van der Waals surface area contributed by atoms with Crippen LogP contribution in [0.15, 0.2) is 18.3 Å². The van der Waals surface area contributed by atoms with Gasteiger partial charge in [-0.05, 0) is 12.1 Å². The molecule has 0 bridgehead atoms. The van der Waals surface area contributed by atoms with Crippen LogP contribution in [0.1, 0.15) is 22.2 Å². The van der Waals surface area contributed by atoms with Gasteiger partial charge in [-0.1, -0.05) is 0 Å². The van der Waals surface area contributed by atoms with Crippen molar-refractivity contribution in [1.82, 2.24) is 4.98 Å². The normalized spacial score (nSPS) is 31.5. The number of rotatable bonds is 3. The second-order valence-electron chi connectivity index (χ2n) is 4.06. The fraction of sp³-hybridized carbons (Fsp3) is 0.455. The van der Waals surface area contributed by atoms with Gasteiger partial charge in [0.25, 0.3) is 5.91 Å². The van der Waals surface area contributed by atoms with Crippen LogP contribution in [0.2, 0.25) is 0 Å². The van der Waals surface area contributed by atoms with Crippen molar-refractivity contribution in [2.45, 2.75) is 24.4 Å². The molecule has 1 aromatic heterocycles. The number of primary amides is 1. The molecule has 18 heavy (non-hydrogen) atoms. The predicted octanol–water partition coefficient (Wildman–Crippen LogP) is -1.67. The van der Waals surface area contributed by atoms with E-state index in [9.17, 15) is 15.0 Å². The fourth-order valence-corrected chi connectivity index (χ4v) is 1.98. The standard InChI is InChI=1S/C11H14N2O5/c12-11(17)5-2-1-3-13-7(5)10-9(16)8(15)6(4-14)18-10/h1-3,6,8-10,14-16H,4H2,(H2,12,17)/t6-,8-,9-,10-/m1/s1. The maximum Gasteiger partial charge on any atom is 0.250 e. The van der Waals surface area contributed by atoms with Crippen LogP contribution in [0.25, 0.3) is 0 Å². The van der Waals surface area contributed by atoms with E-state index >= 15 is 0 Å². The number of nitrogens with zero attached hydrogens (tertiary/aromatic N) is 1. The molecule has 5 N–H and O–H groups in total. The molecule has 7 nitrogen and oxygen atoms in total. The lowest BCUT2D eigenvalue weighted by Crippen LogP contribution is -2.32. The highest BCUT2D eigenvalue weighted by molar-refractivity contribution is 5.94. The number of aliphatic hydroxyl groups is 3. The predicted molar refractivity (Wildman–Crippen MR) is 59.5 cm³/mol. The van der Waals surface area contributed by atoms with Gasteiger partial charge < -0.3 is 25.8 Å². The topological polar surface area (TPSA) is 126 Å². The highest BCUT2D eigenvalue weighted by Gasteiger charge is 2.44. The van der Waals surface area contributed by atoms with Crippen molar-refractivity contribution in [3.63, 3.8) is 0 Å². The van der Waals surface area contributed by atoms with Crippen LogP contribution < -0.4 is 5.73 Å². The molecule has 0 saturated carbocycles. The lowest BCUT2D eigenvalue weighted by molar-refractivity contribution is -0.0241. The van der Waals surface area contributed by atoms with E-state index in [-0.39, 0.29) is 11.3 Å². The molecule has 1 saturated heterocycles. The third-order valence-electron chi connectivity index (χ3n) is 2.92. The quantitative estimate of drug-likeness (QED) is 0.511. The highest BCUT2D eigenvalue weighted by Crippen LogP contribution is 2.33. The lowest BCUT2D eigenvalue weighted by atomic mass is 10.0. The van der Waals surface area contributed by atoms with Crippen LogP contribution in [0, 0.1) is 0 Å². The molecule has 4 atom stereocenters. The van der Waals surface area contributed by atoms with Crippen molar-refractivity contribution >= 4 is 5.91 Å². The summed E-state index contributed by atoms with van der Waals surface area (Å²) in [5.41, 5.74) is 5.48. The summed E-state index contributed by atoms with van der Waals surface area (Å²) in [5, 5.41) is 28.5. The SMILES string of the molecule is NC(=O)c1cccnc1[C@H]1O[C@H](CO)[C@@H](O)[C@H]1O. The zero-order chi connectivity index (χ0) is 13.3. The molecule has 0 unspecified atom stereocenters. The van der Waals surface area contributed by atoms with Crippen LogP contribution in [0.5, 0.6) is 0 Å². The first-order chi connectivity index (χ1) is 8.56. The molecule has 1 aliphatic rings. The van der Waals surface area contributed by atoms with Crippen molar-refractivity contribution < 1.29 is 24.9 Å². The Kier molecular flexibility index (Phi) is 3.58. The van der Waals surface area contributed by atoms with Crippen LogP contribution in [0.3, 0.4) is 0 Å². The second kappa shape index (κ2) is 4.99. The molecule has 2 heterocycles. The molecule has 0 aromatic carbocycles. The fourth-order valence-electron chi connectivity index (χ4n) is 1.98. The van der Waals surface area contributed by atoms with Crippen molar-refractivity contribution in [2.75, 3.05) is 6.61 Å². The molecule has 7 heteroatoms. The van der Waals surface area contributed by atoms with Gasteiger partial charge in [-0.3, -0.25) is 9.78 Å². The van der Waals surface area contributed by atoms with Gasteiger partial charge >= 0.3 is 0 Å². The Balaban J connectivity index is 2.35. The number of hydrogen-bond acceptors (Lipinski definition) is 6. The number of carbonyl (C=O) groups is 1. The van der Waals surface area contributed by atoms with Gasteiger partial charge in [-0.15, -0.1) is 0 Å². The number of pyridine rings is 1. The summed E-state index contributed by atoms with van der Waals surface area (Å²) in [6.07, 6.45) is -2.97. The second-order valence-corrected chi connectivity index (χ2v) is 4.06. The Morgan fingerprint density at radius 3 is 2.72 bits per heavy atom. The number of amides is 1. The van der Waals surface area contributed by atoms with Crippen molar-refractivity contribution in [1.29, 1.82) is 0 Å². The Bertz CT molecular complexity index is 453.